The van der Waals surface area contributed by atoms with Crippen molar-refractivity contribution in [2.75, 3.05) is 38.5 Å². The van der Waals surface area contributed by atoms with Crippen LogP contribution in [0.1, 0.15) is 0 Å². The van der Waals surface area contributed by atoms with Crippen LogP contribution in [0.5, 0.6) is 0 Å². The molecule has 0 saturated carbocycles. The number of hydrogen-bond donors (Lipinski definition) is 5. The molecule has 3 rings (SSSR count). The molecule has 2 heterocycles. The Morgan fingerprint density at radius 3 is 1.68 bits per heavy atom. The van der Waals surface area contributed by atoms with E-state index in [9.17, 15) is 43.9 Å². The van der Waals surface area contributed by atoms with E-state index in [4.69, 9.17) is 29.7 Å². The van der Waals surface area contributed by atoms with E-state index in [1.165, 1.54) is 12.1 Å². The molecule has 0 unspecified atom stereocenters. The highest BCUT2D eigenvalue weighted by Crippen LogP contribution is 2.20. The third kappa shape index (κ3) is 15.9. The Labute approximate surface area is 221 Å². The van der Waals surface area contributed by atoms with Gasteiger partial charge in [-0.25, -0.2) is 23.8 Å². The second kappa shape index (κ2) is 16.1. The van der Waals surface area contributed by atoms with Gasteiger partial charge in [0.15, 0.2) is 5.16 Å². The van der Waals surface area contributed by atoms with Gasteiger partial charge in [-0.3, -0.25) is 4.90 Å². The van der Waals surface area contributed by atoms with Gasteiger partial charge in [0.05, 0.1) is 11.0 Å². The van der Waals surface area contributed by atoms with Crippen molar-refractivity contribution in [2.45, 2.75) is 23.7 Å². The number of imidazole rings is 1. The number of carboxylic acids is 3. The minimum Gasteiger partial charge on any atom is -0.475 e. The summed E-state index contributed by atoms with van der Waals surface area (Å²) in [5, 5.41) is 25.6. The Morgan fingerprint density at radius 2 is 1.27 bits per heavy atom. The Kier molecular flexibility index (Phi) is 14.7. The van der Waals surface area contributed by atoms with Gasteiger partial charge in [0, 0.05) is 44.5 Å². The average molecular weight is 622 g/mol. The van der Waals surface area contributed by atoms with Crippen molar-refractivity contribution >= 4 is 40.7 Å². The maximum absolute atomic E-state index is 13.1. The zero-order valence-corrected chi connectivity index (χ0v) is 20.4. The third-order valence-electron chi connectivity index (χ3n) is 4.01. The lowest BCUT2D eigenvalue weighted by Gasteiger charge is -2.26. The maximum Gasteiger partial charge on any atom is 0.490 e. The molecule has 21 heteroatoms. The molecule has 0 radical (unpaired) electrons. The van der Waals surface area contributed by atoms with Crippen LogP contribution in [-0.2, 0) is 14.4 Å². The predicted octanol–water partition coefficient (Wildman–Crippen LogP) is 3.60. The highest BCUT2D eigenvalue weighted by molar-refractivity contribution is 7.99. The molecule has 1 aliphatic rings. The quantitative estimate of drug-likeness (QED) is 0.252. The normalized spacial score (nSPS) is 14.1. The number of thioether (sulfide) groups is 1. The van der Waals surface area contributed by atoms with E-state index >= 15 is 0 Å². The number of nitrogens with zero attached hydrogens (tertiary/aromatic N) is 2. The lowest BCUT2D eigenvalue weighted by atomic mass is 10.3. The van der Waals surface area contributed by atoms with Crippen LogP contribution in [0.2, 0.25) is 0 Å². The topological polar surface area (TPSA) is 156 Å². The molecule has 40 heavy (non-hydrogen) atoms. The number of hydrogen-bond acceptors (Lipinski definition) is 7. The summed E-state index contributed by atoms with van der Waals surface area (Å²) >= 11 is 1.69. The fourth-order valence-corrected chi connectivity index (χ4v) is 3.12. The number of rotatable bonds is 4. The van der Waals surface area contributed by atoms with E-state index in [-0.39, 0.29) is 5.82 Å². The first-order valence-electron chi connectivity index (χ1n) is 10.3. The number of carboxylic acid groups (broad SMARTS) is 3. The molecule has 1 saturated heterocycles. The number of aromatic amines is 1. The molecular formula is C19H20F10N4O6S. The molecule has 0 aliphatic carbocycles. The van der Waals surface area contributed by atoms with Gasteiger partial charge in [-0.15, -0.1) is 0 Å². The highest BCUT2D eigenvalue weighted by Gasteiger charge is 2.39. The second-order valence-electron chi connectivity index (χ2n) is 7.05. The lowest BCUT2D eigenvalue weighted by molar-refractivity contribution is -0.193. The smallest absolute Gasteiger partial charge is 0.475 e. The first-order valence-corrected chi connectivity index (χ1v) is 11.2. The number of halogens is 10. The number of aliphatic carboxylic acids is 3. The van der Waals surface area contributed by atoms with Crippen molar-refractivity contribution in [1.82, 2.24) is 20.2 Å². The van der Waals surface area contributed by atoms with Crippen molar-refractivity contribution in [3.05, 3.63) is 24.0 Å². The Balaban J connectivity index is 0.000000603. The van der Waals surface area contributed by atoms with Crippen molar-refractivity contribution in [1.29, 1.82) is 0 Å². The number of fused-ring (bicyclic) bond motifs is 1. The molecule has 1 aromatic carbocycles. The Morgan fingerprint density at radius 1 is 0.850 bits per heavy atom. The Hall–Kier alpha value is -3.33. The SMILES string of the molecule is Fc1ccc2[nH]c(SCCN3CCNCC3)nc2c1.O=C(O)C(F)(F)F.O=C(O)C(F)(F)F.O=C(O)C(F)(F)F. The molecule has 5 N–H and O–H groups in total. The van der Waals surface area contributed by atoms with Crippen LogP contribution in [0.3, 0.4) is 0 Å². The molecule has 10 nitrogen and oxygen atoms in total. The maximum atomic E-state index is 13.1. The van der Waals surface area contributed by atoms with E-state index in [1.807, 2.05) is 0 Å². The number of benzene rings is 1. The summed E-state index contributed by atoms with van der Waals surface area (Å²) < 4.78 is 108. The van der Waals surface area contributed by atoms with Gasteiger partial charge in [0.2, 0.25) is 0 Å². The molecule has 0 bridgehead atoms. The number of piperazine rings is 1. The first kappa shape index (κ1) is 36.7. The molecule has 2 aromatic rings. The van der Waals surface area contributed by atoms with Gasteiger partial charge in [-0.1, -0.05) is 11.8 Å². The zero-order valence-electron chi connectivity index (χ0n) is 19.6. The van der Waals surface area contributed by atoms with Crippen LogP contribution in [0, 0.1) is 5.82 Å². The molecular weight excluding hydrogens is 602 g/mol. The summed E-state index contributed by atoms with van der Waals surface area (Å²) in [6.07, 6.45) is -15.3. The largest absolute Gasteiger partial charge is 0.490 e. The van der Waals surface area contributed by atoms with Gasteiger partial charge >= 0.3 is 36.4 Å². The summed E-state index contributed by atoms with van der Waals surface area (Å²) in [5.41, 5.74) is 1.59. The minimum absolute atomic E-state index is 0.239. The van der Waals surface area contributed by atoms with E-state index in [2.05, 4.69) is 20.2 Å². The van der Waals surface area contributed by atoms with Gasteiger partial charge in [0.1, 0.15) is 5.82 Å². The standard InChI is InChI=1S/C13H17FN4S.3C2HF3O2/c14-10-1-2-11-12(9-10)17-13(16-11)19-8-7-18-5-3-15-4-6-18;3*3-2(4,5)1(6)7/h1-2,9,15H,3-8H2,(H,16,17);3*(H,6,7). The number of nitrogens with one attached hydrogen (secondary N) is 2. The summed E-state index contributed by atoms with van der Waals surface area (Å²) in [6.45, 7) is 5.46. The van der Waals surface area contributed by atoms with Crippen LogP contribution < -0.4 is 5.32 Å². The van der Waals surface area contributed by atoms with Crippen LogP contribution in [0.25, 0.3) is 11.0 Å². The predicted molar refractivity (Wildman–Crippen MR) is 117 cm³/mol. The Bertz CT molecular complexity index is 1040. The second-order valence-corrected chi connectivity index (χ2v) is 8.14. The average Bonchev–Trinajstić information content (AvgIpc) is 3.21. The van der Waals surface area contributed by atoms with Crippen molar-refractivity contribution in [2.24, 2.45) is 0 Å². The molecule has 0 spiro atoms. The van der Waals surface area contributed by atoms with Crippen molar-refractivity contribution < 1.29 is 73.6 Å². The summed E-state index contributed by atoms with van der Waals surface area (Å²) in [7, 11) is 0. The van der Waals surface area contributed by atoms with Crippen molar-refractivity contribution in [3.63, 3.8) is 0 Å². The van der Waals surface area contributed by atoms with Crippen LogP contribution in [0.15, 0.2) is 23.4 Å². The van der Waals surface area contributed by atoms with Crippen LogP contribution in [0.4, 0.5) is 43.9 Å². The summed E-state index contributed by atoms with van der Waals surface area (Å²) in [6, 6.07) is 4.65. The van der Waals surface area contributed by atoms with E-state index in [0.29, 0.717) is 5.52 Å². The third-order valence-corrected chi connectivity index (χ3v) is 4.86. The zero-order chi connectivity index (χ0) is 31.3. The van der Waals surface area contributed by atoms with Gasteiger partial charge in [-0.2, -0.15) is 39.5 Å². The van der Waals surface area contributed by atoms with E-state index < -0.39 is 36.4 Å². The fourth-order valence-electron chi connectivity index (χ4n) is 2.23. The number of H-pyrrole nitrogens is 1. The van der Waals surface area contributed by atoms with Gasteiger partial charge in [-0.05, 0) is 12.1 Å². The lowest BCUT2D eigenvalue weighted by Crippen LogP contribution is -2.44. The molecule has 0 atom stereocenters. The summed E-state index contributed by atoms with van der Waals surface area (Å²) in [4.78, 5) is 36.7. The van der Waals surface area contributed by atoms with Crippen LogP contribution >= 0.6 is 11.8 Å². The van der Waals surface area contributed by atoms with E-state index in [1.54, 1.807) is 17.8 Å². The number of aromatic nitrogens is 2. The van der Waals surface area contributed by atoms with Gasteiger partial charge < -0.3 is 25.6 Å². The van der Waals surface area contributed by atoms with Gasteiger partial charge in [0.25, 0.3) is 0 Å². The number of alkyl halides is 9. The monoisotopic (exact) mass is 622 g/mol. The number of carbonyl (C=O) groups is 3. The van der Waals surface area contributed by atoms with E-state index in [0.717, 1.165) is 49.1 Å². The summed E-state index contributed by atoms with van der Waals surface area (Å²) in [5.74, 6) is -7.51. The fraction of sp³-hybridized carbons (Fsp3) is 0.474. The first-order chi connectivity index (χ1) is 18.1. The molecule has 1 aliphatic heterocycles. The molecule has 228 valence electrons. The van der Waals surface area contributed by atoms with Crippen molar-refractivity contribution in [3.8, 4) is 0 Å². The minimum atomic E-state index is -5.08. The molecule has 1 fully saturated rings. The molecule has 0 amide bonds. The van der Waals surface area contributed by atoms with Crippen LogP contribution in [-0.4, -0.2) is 105 Å². The highest BCUT2D eigenvalue weighted by atomic mass is 32.2. The molecule has 1 aromatic heterocycles.